The molecular formula is C15H23ClN2O2. The Bertz CT molecular complexity index is 440. The number of piperazine rings is 1. The van der Waals surface area contributed by atoms with E-state index in [1.54, 1.807) is 0 Å². The molecule has 2 rings (SSSR count). The van der Waals surface area contributed by atoms with E-state index in [1.807, 2.05) is 29.2 Å². The molecule has 1 unspecified atom stereocenters. The number of nitrogens with zero attached hydrogens (tertiary/aromatic N) is 1. The molecule has 1 aliphatic rings. The molecule has 5 heteroatoms. The maximum absolute atomic E-state index is 12.4. The molecule has 1 aromatic carbocycles. The quantitative estimate of drug-likeness (QED) is 0.927. The summed E-state index contributed by atoms with van der Waals surface area (Å²) in [5.41, 5.74) is 0.711. The van der Waals surface area contributed by atoms with E-state index < -0.39 is 0 Å². The molecule has 1 fully saturated rings. The Morgan fingerprint density at radius 2 is 2.30 bits per heavy atom. The van der Waals surface area contributed by atoms with E-state index in [0.717, 1.165) is 31.8 Å². The van der Waals surface area contributed by atoms with Crippen molar-refractivity contribution < 1.29 is 9.53 Å². The van der Waals surface area contributed by atoms with Crippen molar-refractivity contribution in [2.75, 3.05) is 26.2 Å². The second-order valence-electron chi connectivity index (χ2n) is 4.98. The number of nitrogens with one attached hydrogen (secondary N) is 1. The van der Waals surface area contributed by atoms with Crippen LogP contribution >= 0.6 is 12.4 Å². The Labute approximate surface area is 126 Å². The average Bonchev–Trinajstić information content (AvgIpc) is 2.44. The minimum atomic E-state index is 0. The van der Waals surface area contributed by atoms with E-state index in [1.165, 1.54) is 0 Å². The summed E-state index contributed by atoms with van der Waals surface area (Å²) < 4.78 is 5.57. The van der Waals surface area contributed by atoms with E-state index in [0.29, 0.717) is 18.2 Å². The molecule has 1 aliphatic heterocycles. The van der Waals surface area contributed by atoms with Crippen LogP contribution in [-0.2, 0) is 0 Å². The number of halogens is 1. The molecule has 0 saturated carbocycles. The summed E-state index contributed by atoms with van der Waals surface area (Å²) in [6, 6.07) is 7.83. The number of carbonyl (C=O) groups excluding carboxylic acids is 1. The summed E-state index contributed by atoms with van der Waals surface area (Å²) in [5, 5.41) is 3.34. The zero-order chi connectivity index (χ0) is 13.7. The monoisotopic (exact) mass is 298 g/mol. The Hall–Kier alpha value is -1.26. The van der Waals surface area contributed by atoms with Crippen LogP contribution < -0.4 is 10.1 Å². The van der Waals surface area contributed by atoms with E-state index in [4.69, 9.17) is 4.74 Å². The smallest absolute Gasteiger partial charge is 0.254 e. The normalized spacial score (nSPS) is 18.3. The molecule has 1 heterocycles. The number of benzene rings is 1. The van der Waals surface area contributed by atoms with E-state index in [2.05, 4.69) is 19.2 Å². The molecule has 1 amide bonds. The third-order valence-electron chi connectivity index (χ3n) is 3.21. The van der Waals surface area contributed by atoms with Crippen molar-refractivity contribution >= 4 is 18.3 Å². The zero-order valence-corrected chi connectivity index (χ0v) is 12.9. The SMILES string of the molecule is CCCOc1cccc(C(=O)N2CCNC(C)C2)c1.Cl. The fourth-order valence-corrected chi connectivity index (χ4v) is 2.24. The topological polar surface area (TPSA) is 41.6 Å². The van der Waals surface area contributed by atoms with E-state index in [9.17, 15) is 4.79 Å². The van der Waals surface area contributed by atoms with Crippen molar-refractivity contribution in [3.05, 3.63) is 29.8 Å². The number of carbonyl (C=O) groups is 1. The van der Waals surface area contributed by atoms with Gasteiger partial charge < -0.3 is 15.0 Å². The van der Waals surface area contributed by atoms with Crippen LogP contribution in [0.1, 0.15) is 30.6 Å². The van der Waals surface area contributed by atoms with Crippen LogP contribution in [0.4, 0.5) is 0 Å². The van der Waals surface area contributed by atoms with Gasteiger partial charge in [-0.15, -0.1) is 12.4 Å². The van der Waals surface area contributed by atoms with E-state index >= 15 is 0 Å². The minimum absolute atomic E-state index is 0. The molecule has 0 aromatic heterocycles. The number of ether oxygens (including phenoxy) is 1. The van der Waals surface area contributed by atoms with Gasteiger partial charge in [0.1, 0.15) is 5.75 Å². The van der Waals surface area contributed by atoms with Crippen molar-refractivity contribution in [1.29, 1.82) is 0 Å². The highest BCUT2D eigenvalue weighted by Gasteiger charge is 2.21. The van der Waals surface area contributed by atoms with Crippen molar-refractivity contribution in [2.45, 2.75) is 26.3 Å². The first kappa shape index (κ1) is 16.8. The van der Waals surface area contributed by atoms with Crippen LogP contribution in [-0.4, -0.2) is 43.1 Å². The van der Waals surface area contributed by atoms with Gasteiger partial charge in [-0.1, -0.05) is 13.0 Å². The van der Waals surface area contributed by atoms with Crippen molar-refractivity contribution in [3.8, 4) is 5.75 Å². The first-order valence-electron chi connectivity index (χ1n) is 6.96. The van der Waals surface area contributed by atoms with Gasteiger partial charge in [-0.2, -0.15) is 0 Å². The standard InChI is InChI=1S/C15H22N2O2.ClH/c1-3-9-19-14-6-4-5-13(10-14)15(18)17-8-7-16-12(2)11-17;/h4-6,10,12,16H,3,7-9,11H2,1-2H3;1H. The van der Waals surface area contributed by atoms with Gasteiger partial charge in [0.25, 0.3) is 5.91 Å². The summed E-state index contributed by atoms with van der Waals surface area (Å²) in [7, 11) is 0. The molecule has 0 spiro atoms. The minimum Gasteiger partial charge on any atom is -0.494 e. The second kappa shape index (κ2) is 8.12. The van der Waals surface area contributed by atoms with Crippen LogP contribution in [0.2, 0.25) is 0 Å². The molecule has 0 aliphatic carbocycles. The zero-order valence-electron chi connectivity index (χ0n) is 12.1. The summed E-state index contributed by atoms with van der Waals surface area (Å²) in [6.07, 6.45) is 0.966. The van der Waals surface area contributed by atoms with Crippen molar-refractivity contribution in [3.63, 3.8) is 0 Å². The molecule has 1 atom stereocenters. The molecular weight excluding hydrogens is 276 g/mol. The predicted molar refractivity (Wildman–Crippen MR) is 82.8 cm³/mol. The van der Waals surface area contributed by atoms with Gasteiger partial charge in [0, 0.05) is 31.2 Å². The Balaban J connectivity index is 0.00000200. The van der Waals surface area contributed by atoms with Gasteiger partial charge in [-0.05, 0) is 31.5 Å². The van der Waals surface area contributed by atoms with E-state index in [-0.39, 0.29) is 18.3 Å². The summed E-state index contributed by atoms with van der Waals surface area (Å²) >= 11 is 0. The van der Waals surface area contributed by atoms with Crippen LogP contribution in [0.3, 0.4) is 0 Å². The highest BCUT2D eigenvalue weighted by Crippen LogP contribution is 2.16. The third kappa shape index (κ3) is 4.39. The largest absolute Gasteiger partial charge is 0.494 e. The first-order valence-corrected chi connectivity index (χ1v) is 6.96. The van der Waals surface area contributed by atoms with Gasteiger partial charge in [0.05, 0.1) is 6.61 Å². The van der Waals surface area contributed by atoms with Crippen LogP contribution in [0.5, 0.6) is 5.75 Å². The Kier molecular flexibility index (Phi) is 6.82. The highest BCUT2D eigenvalue weighted by atomic mass is 35.5. The number of hydrogen-bond donors (Lipinski definition) is 1. The molecule has 1 N–H and O–H groups in total. The third-order valence-corrected chi connectivity index (χ3v) is 3.21. The fourth-order valence-electron chi connectivity index (χ4n) is 2.24. The maximum atomic E-state index is 12.4. The summed E-state index contributed by atoms with van der Waals surface area (Å²) in [5.74, 6) is 0.867. The summed E-state index contributed by atoms with van der Waals surface area (Å²) in [4.78, 5) is 14.3. The van der Waals surface area contributed by atoms with Gasteiger partial charge in [0.2, 0.25) is 0 Å². The highest BCUT2D eigenvalue weighted by molar-refractivity contribution is 5.94. The first-order chi connectivity index (χ1) is 9.20. The lowest BCUT2D eigenvalue weighted by molar-refractivity contribution is 0.0708. The molecule has 112 valence electrons. The molecule has 20 heavy (non-hydrogen) atoms. The predicted octanol–water partition coefficient (Wildman–Crippen LogP) is 2.33. The van der Waals surface area contributed by atoms with Gasteiger partial charge in [-0.25, -0.2) is 0 Å². The van der Waals surface area contributed by atoms with Gasteiger partial charge in [-0.3, -0.25) is 4.79 Å². The molecule has 4 nitrogen and oxygen atoms in total. The van der Waals surface area contributed by atoms with Crippen molar-refractivity contribution in [1.82, 2.24) is 10.2 Å². The molecule has 1 saturated heterocycles. The van der Waals surface area contributed by atoms with Crippen LogP contribution in [0.15, 0.2) is 24.3 Å². The summed E-state index contributed by atoms with van der Waals surface area (Å²) in [6.45, 7) is 7.24. The number of rotatable bonds is 4. The number of hydrogen-bond acceptors (Lipinski definition) is 3. The lowest BCUT2D eigenvalue weighted by Crippen LogP contribution is -2.51. The lowest BCUT2D eigenvalue weighted by atomic mass is 10.1. The van der Waals surface area contributed by atoms with Gasteiger partial charge >= 0.3 is 0 Å². The average molecular weight is 299 g/mol. The Morgan fingerprint density at radius 3 is 3.00 bits per heavy atom. The van der Waals surface area contributed by atoms with Gasteiger partial charge in [0.15, 0.2) is 0 Å². The van der Waals surface area contributed by atoms with Crippen molar-refractivity contribution in [2.24, 2.45) is 0 Å². The fraction of sp³-hybridized carbons (Fsp3) is 0.533. The molecule has 0 bridgehead atoms. The lowest BCUT2D eigenvalue weighted by Gasteiger charge is -2.32. The molecule has 0 radical (unpaired) electrons. The van der Waals surface area contributed by atoms with Crippen LogP contribution in [0, 0.1) is 0 Å². The second-order valence-corrected chi connectivity index (χ2v) is 4.98. The molecule has 1 aromatic rings. The van der Waals surface area contributed by atoms with Crippen LogP contribution in [0.25, 0.3) is 0 Å². The number of amides is 1. The maximum Gasteiger partial charge on any atom is 0.254 e. The Morgan fingerprint density at radius 1 is 1.50 bits per heavy atom.